The largest absolute Gasteiger partial charge is 0.493 e. The number of benzene rings is 4. The van der Waals surface area contributed by atoms with Gasteiger partial charge in [0.15, 0.2) is 0 Å². The first kappa shape index (κ1) is 28.0. The summed E-state index contributed by atoms with van der Waals surface area (Å²) < 4.78 is 13.8. The van der Waals surface area contributed by atoms with Gasteiger partial charge in [-0.05, 0) is 54.3 Å². The second-order valence-corrected chi connectivity index (χ2v) is 11.0. The van der Waals surface area contributed by atoms with Crippen molar-refractivity contribution >= 4 is 27.6 Å². The molecule has 1 aliphatic rings. The van der Waals surface area contributed by atoms with Crippen LogP contribution in [0.1, 0.15) is 34.5 Å². The Labute approximate surface area is 247 Å². The van der Waals surface area contributed by atoms with Gasteiger partial charge in [0.05, 0.1) is 25.3 Å². The molecule has 6 heteroatoms. The normalized spacial score (nSPS) is 14.0. The van der Waals surface area contributed by atoms with Crippen molar-refractivity contribution in [3.8, 4) is 16.9 Å². The Hall–Kier alpha value is -4.13. The molecule has 1 aliphatic heterocycles. The van der Waals surface area contributed by atoms with E-state index in [0.717, 1.165) is 83.4 Å². The van der Waals surface area contributed by atoms with Gasteiger partial charge in [-0.15, -0.1) is 0 Å². The zero-order valence-corrected chi connectivity index (χ0v) is 24.2. The summed E-state index contributed by atoms with van der Waals surface area (Å²) in [6.07, 6.45) is 2.21. The lowest BCUT2D eigenvalue weighted by atomic mass is 9.97. The van der Waals surface area contributed by atoms with Crippen LogP contribution in [0.2, 0.25) is 0 Å². The smallest absolute Gasteiger partial charge is 0.352 e. The van der Waals surface area contributed by atoms with Gasteiger partial charge in [0.2, 0.25) is 0 Å². The number of fused-ring (bicyclic) bond motifs is 2. The number of hydrogen-bond acceptors (Lipinski definition) is 4. The molecule has 1 fully saturated rings. The van der Waals surface area contributed by atoms with Crippen LogP contribution >= 0.6 is 0 Å². The van der Waals surface area contributed by atoms with Gasteiger partial charge in [-0.3, -0.25) is 4.90 Å². The van der Waals surface area contributed by atoms with Crippen LogP contribution in [0.3, 0.4) is 0 Å². The maximum Gasteiger partial charge on any atom is 0.352 e. The standard InChI is InChI=1S/C36H38N2O4/c1-26-10-2-4-13-28(26)30-15-7-16-31-32(17-8-23-42-33-18-6-12-27-11-3-5-14-29(27)33)35(36(39)40)38(34(30)31)20-9-19-37-21-24-41-25-22-37/h2-7,10-16,18H,8-9,17,19-25H2,1H3,(H,39,40). The molecule has 0 bridgehead atoms. The fraction of sp³-hybridized carbons (Fsp3) is 0.306. The summed E-state index contributed by atoms with van der Waals surface area (Å²) in [5.74, 6) is -0.0165. The van der Waals surface area contributed by atoms with Crippen LogP contribution in [0, 0.1) is 6.92 Å². The van der Waals surface area contributed by atoms with Crippen LogP contribution in [0.4, 0.5) is 0 Å². The van der Waals surface area contributed by atoms with E-state index < -0.39 is 5.97 Å². The van der Waals surface area contributed by atoms with E-state index >= 15 is 0 Å². The van der Waals surface area contributed by atoms with Gasteiger partial charge >= 0.3 is 5.97 Å². The Balaban J connectivity index is 1.32. The number of carboxylic acids is 1. The number of hydrogen-bond donors (Lipinski definition) is 1. The average molecular weight is 563 g/mol. The number of carbonyl (C=O) groups is 1. The van der Waals surface area contributed by atoms with Gasteiger partial charge in [0.1, 0.15) is 11.4 Å². The molecule has 1 N–H and O–H groups in total. The topological polar surface area (TPSA) is 63.9 Å². The van der Waals surface area contributed by atoms with E-state index in [2.05, 4.69) is 71.0 Å². The zero-order chi connectivity index (χ0) is 28.9. The number of carboxylic acid groups (broad SMARTS) is 1. The number of nitrogens with zero attached hydrogens (tertiary/aromatic N) is 2. The first-order valence-corrected chi connectivity index (χ1v) is 15.0. The second-order valence-electron chi connectivity index (χ2n) is 11.0. The maximum absolute atomic E-state index is 12.9. The quantitative estimate of drug-likeness (QED) is 0.173. The first-order valence-electron chi connectivity index (χ1n) is 15.0. The number of para-hydroxylation sites is 1. The van der Waals surface area contributed by atoms with E-state index in [9.17, 15) is 9.90 Å². The van der Waals surface area contributed by atoms with E-state index in [4.69, 9.17) is 9.47 Å². The minimum Gasteiger partial charge on any atom is -0.493 e. The lowest BCUT2D eigenvalue weighted by Gasteiger charge is -2.26. The molecule has 5 aromatic rings. The number of ether oxygens (including phenoxy) is 2. The molecule has 0 spiro atoms. The number of rotatable bonds is 11. The van der Waals surface area contributed by atoms with Gasteiger partial charge in [-0.1, -0.05) is 78.9 Å². The van der Waals surface area contributed by atoms with Crippen LogP contribution in [-0.4, -0.2) is 60.0 Å². The fourth-order valence-corrected chi connectivity index (χ4v) is 6.32. The predicted octanol–water partition coefficient (Wildman–Crippen LogP) is 7.20. The summed E-state index contributed by atoms with van der Waals surface area (Å²) in [6, 6.07) is 28.9. The number of aryl methyl sites for hydroxylation is 3. The minimum atomic E-state index is -0.877. The molecule has 0 radical (unpaired) electrons. The molecular weight excluding hydrogens is 524 g/mol. The van der Waals surface area contributed by atoms with E-state index in [0.29, 0.717) is 31.7 Å². The van der Waals surface area contributed by atoms with E-state index in [1.165, 1.54) is 5.56 Å². The number of morpholine rings is 1. The predicted molar refractivity (Wildman–Crippen MR) is 169 cm³/mol. The van der Waals surface area contributed by atoms with Gasteiger partial charge in [0, 0.05) is 42.5 Å². The Morgan fingerprint density at radius 1 is 0.833 bits per heavy atom. The molecule has 1 aromatic heterocycles. The Morgan fingerprint density at radius 3 is 2.38 bits per heavy atom. The highest BCUT2D eigenvalue weighted by molar-refractivity contribution is 6.04. The van der Waals surface area contributed by atoms with Crippen molar-refractivity contribution in [1.82, 2.24) is 9.47 Å². The highest BCUT2D eigenvalue weighted by atomic mass is 16.5. The number of aromatic nitrogens is 1. The van der Waals surface area contributed by atoms with Gasteiger partial charge < -0.3 is 19.1 Å². The van der Waals surface area contributed by atoms with Crippen molar-refractivity contribution in [2.24, 2.45) is 0 Å². The highest BCUT2D eigenvalue weighted by Gasteiger charge is 2.25. The molecule has 0 aliphatic carbocycles. The summed E-state index contributed by atoms with van der Waals surface area (Å²) in [6.45, 7) is 7.55. The monoisotopic (exact) mass is 562 g/mol. The van der Waals surface area contributed by atoms with Gasteiger partial charge in [-0.25, -0.2) is 4.79 Å². The molecule has 0 saturated carbocycles. The fourth-order valence-electron chi connectivity index (χ4n) is 6.32. The maximum atomic E-state index is 12.9. The summed E-state index contributed by atoms with van der Waals surface area (Å²) in [4.78, 5) is 15.3. The SMILES string of the molecule is Cc1ccccc1-c1cccc2c(CCCOc3cccc4ccccc34)c(C(=O)O)n(CCCN3CCOCC3)c12. The minimum absolute atomic E-state index is 0.401. The molecular formula is C36H38N2O4. The molecule has 2 heterocycles. The molecule has 6 nitrogen and oxygen atoms in total. The molecule has 0 unspecified atom stereocenters. The molecule has 42 heavy (non-hydrogen) atoms. The molecule has 6 rings (SSSR count). The van der Waals surface area contributed by atoms with E-state index in [-0.39, 0.29) is 0 Å². The Morgan fingerprint density at radius 2 is 1.55 bits per heavy atom. The molecule has 216 valence electrons. The van der Waals surface area contributed by atoms with Crippen LogP contribution in [0.5, 0.6) is 5.75 Å². The van der Waals surface area contributed by atoms with Gasteiger partial charge in [-0.2, -0.15) is 0 Å². The van der Waals surface area contributed by atoms with Crippen LogP contribution < -0.4 is 4.74 Å². The lowest BCUT2D eigenvalue weighted by Crippen LogP contribution is -2.37. The van der Waals surface area contributed by atoms with Crippen molar-refractivity contribution in [1.29, 1.82) is 0 Å². The van der Waals surface area contributed by atoms with E-state index in [1.807, 2.05) is 30.3 Å². The summed E-state index contributed by atoms with van der Waals surface area (Å²) in [5.41, 5.74) is 5.69. The summed E-state index contributed by atoms with van der Waals surface area (Å²) in [5, 5.41) is 13.8. The third-order valence-corrected chi connectivity index (χ3v) is 8.36. The molecule has 4 aromatic carbocycles. The van der Waals surface area contributed by atoms with Gasteiger partial charge in [0.25, 0.3) is 0 Å². The summed E-state index contributed by atoms with van der Waals surface area (Å²) in [7, 11) is 0. The van der Waals surface area contributed by atoms with Crippen molar-refractivity contribution in [2.75, 3.05) is 39.5 Å². The highest BCUT2D eigenvalue weighted by Crippen LogP contribution is 2.37. The zero-order valence-electron chi connectivity index (χ0n) is 24.2. The average Bonchev–Trinajstić information content (AvgIpc) is 3.34. The molecule has 0 amide bonds. The van der Waals surface area contributed by atoms with Crippen LogP contribution in [0.25, 0.3) is 32.8 Å². The van der Waals surface area contributed by atoms with Crippen LogP contribution in [-0.2, 0) is 17.7 Å². The third-order valence-electron chi connectivity index (χ3n) is 8.36. The summed E-state index contributed by atoms with van der Waals surface area (Å²) >= 11 is 0. The van der Waals surface area contributed by atoms with Crippen LogP contribution in [0.15, 0.2) is 84.9 Å². The van der Waals surface area contributed by atoms with E-state index in [1.54, 1.807) is 0 Å². The van der Waals surface area contributed by atoms with Crippen molar-refractivity contribution in [2.45, 2.75) is 32.7 Å². The third kappa shape index (κ3) is 5.78. The second kappa shape index (κ2) is 12.8. The van der Waals surface area contributed by atoms with Crippen molar-refractivity contribution in [3.63, 3.8) is 0 Å². The number of aromatic carboxylic acids is 1. The molecule has 1 saturated heterocycles. The van der Waals surface area contributed by atoms with Crippen molar-refractivity contribution in [3.05, 3.63) is 102 Å². The first-order chi connectivity index (χ1) is 20.6. The Kier molecular flexibility index (Phi) is 8.54. The Bertz CT molecular complexity index is 1690. The lowest BCUT2D eigenvalue weighted by molar-refractivity contribution is 0.0369. The molecule has 0 atom stereocenters. The van der Waals surface area contributed by atoms with Crippen molar-refractivity contribution < 1.29 is 19.4 Å².